The summed E-state index contributed by atoms with van der Waals surface area (Å²) in [6.45, 7) is 5.23. The molecule has 2 amide bonds. The Morgan fingerprint density at radius 1 is 1.56 bits per heavy atom. The summed E-state index contributed by atoms with van der Waals surface area (Å²) in [7, 11) is 1.63. The molecule has 1 aliphatic rings. The predicted octanol–water partition coefficient (Wildman–Crippen LogP) is 2.74. The molecule has 1 heterocycles. The molecule has 18 heavy (non-hydrogen) atoms. The van der Waals surface area contributed by atoms with Crippen LogP contribution in [0.3, 0.4) is 0 Å². The van der Waals surface area contributed by atoms with Crippen molar-refractivity contribution in [1.29, 1.82) is 0 Å². The number of ether oxygens (including phenoxy) is 1. The van der Waals surface area contributed by atoms with Crippen molar-refractivity contribution in [2.75, 3.05) is 20.2 Å². The quantitative estimate of drug-likeness (QED) is 0.916. The first-order valence-corrected chi connectivity index (χ1v) is 6.34. The Hall–Kier alpha value is -1.42. The molecular weight excluding hydrogens is 252 g/mol. The average molecular weight is 269 g/mol. The minimum Gasteiger partial charge on any atom is -0.496 e. The number of likely N-dealkylation sites (N-methyl/N-ethyl adjacent to an activating group) is 1. The summed E-state index contributed by atoms with van der Waals surface area (Å²) < 4.78 is 5.37. The van der Waals surface area contributed by atoms with E-state index in [0.29, 0.717) is 18.1 Å². The third kappa shape index (κ3) is 2.25. The van der Waals surface area contributed by atoms with Crippen LogP contribution >= 0.6 is 11.6 Å². The number of methoxy groups -OCH3 is 1. The number of hydrogen-bond acceptors (Lipinski definition) is 2. The number of carbonyl (C=O) groups is 1. The first-order chi connectivity index (χ1) is 8.56. The van der Waals surface area contributed by atoms with Crippen LogP contribution in [0.5, 0.6) is 5.75 Å². The number of hydrogen-bond donors (Lipinski definition) is 1. The molecule has 2 rings (SSSR count). The molecule has 98 valence electrons. The van der Waals surface area contributed by atoms with E-state index < -0.39 is 0 Å². The molecule has 0 saturated carbocycles. The van der Waals surface area contributed by atoms with Crippen LogP contribution in [0.1, 0.15) is 24.1 Å². The van der Waals surface area contributed by atoms with Crippen LogP contribution in [0.15, 0.2) is 12.1 Å². The lowest BCUT2D eigenvalue weighted by atomic mass is 10.0. The first-order valence-electron chi connectivity index (χ1n) is 5.96. The van der Waals surface area contributed by atoms with Crippen LogP contribution < -0.4 is 10.1 Å². The van der Waals surface area contributed by atoms with Crippen molar-refractivity contribution in [3.05, 3.63) is 28.3 Å². The van der Waals surface area contributed by atoms with Crippen molar-refractivity contribution in [1.82, 2.24) is 10.2 Å². The highest BCUT2D eigenvalue weighted by molar-refractivity contribution is 6.31. The van der Waals surface area contributed by atoms with Crippen molar-refractivity contribution in [2.45, 2.75) is 19.9 Å². The van der Waals surface area contributed by atoms with E-state index in [-0.39, 0.29) is 12.1 Å². The van der Waals surface area contributed by atoms with E-state index >= 15 is 0 Å². The summed E-state index contributed by atoms with van der Waals surface area (Å²) in [5.74, 6) is 0.764. The number of nitrogens with one attached hydrogen (secondary N) is 1. The minimum absolute atomic E-state index is 0.0405. The fourth-order valence-electron chi connectivity index (χ4n) is 2.16. The summed E-state index contributed by atoms with van der Waals surface area (Å²) in [5, 5.41) is 3.63. The molecule has 1 unspecified atom stereocenters. The highest BCUT2D eigenvalue weighted by atomic mass is 35.5. The minimum atomic E-state index is -0.0644. The zero-order valence-electron chi connectivity index (χ0n) is 10.8. The number of carbonyl (C=O) groups excluding carboxylic acids is 1. The fraction of sp³-hybridized carbons (Fsp3) is 0.462. The van der Waals surface area contributed by atoms with E-state index in [1.807, 2.05) is 26.0 Å². The van der Waals surface area contributed by atoms with E-state index in [0.717, 1.165) is 16.9 Å². The molecule has 1 aromatic rings. The molecule has 1 aliphatic heterocycles. The number of aryl methyl sites for hydroxylation is 1. The van der Waals surface area contributed by atoms with E-state index in [9.17, 15) is 4.79 Å². The van der Waals surface area contributed by atoms with Crippen LogP contribution in [0.25, 0.3) is 0 Å². The van der Waals surface area contributed by atoms with Gasteiger partial charge in [-0.05, 0) is 31.5 Å². The van der Waals surface area contributed by atoms with Crippen LogP contribution in [-0.2, 0) is 0 Å². The summed E-state index contributed by atoms with van der Waals surface area (Å²) in [4.78, 5) is 13.4. The third-order valence-corrected chi connectivity index (χ3v) is 3.66. The van der Waals surface area contributed by atoms with Gasteiger partial charge < -0.3 is 15.0 Å². The lowest BCUT2D eigenvalue weighted by Gasteiger charge is -2.16. The van der Waals surface area contributed by atoms with E-state index in [1.165, 1.54) is 0 Å². The smallest absolute Gasteiger partial charge is 0.318 e. The maximum atomic E-state index is 11.7. The molecule has 1 fully saturated rings. The molecule has 0 spiro atoms. The van der Waals surface area contributed by atoms with Gasteiger partial charge in [0.1, 0.15) is 5.75 Å². The molecule has 0 radical (unpaired) electrons. The van der Waals surface area contributed by atoms with Gasteiger partial charge in [0.2, 0.25) is 0 Å². The molecule has 4 nitrogen and oxygen atoms in total. The largest absolute Gasteiger partial charge is 0.496 e. The number of halogens is 1. The number of benzene rings is 1. The monoisotopic (exact) mass is 268 g/mol. The summed E-state index contributed by atoms with van der Waals surface area (Å²) in [5.41, 5.74) is 1.89. The first kappa shape index (κ1) is 13.0. The molecule has 1 saturated heterocycles. The standard InChI is InChI=1S/C13H17ClN2O2/c1-4-16-7-11(15-13(16)17)9-6-10(14)8(2)5-12(9)18-3/h5-6,11H,4,7H2,1-3H3,(H,15,17). The van der Waals surface area contributed by atoms with Crippen molar-refractivity contribution in [3.63, 3.8) is 0 Å². The maximum Gasteiger partial charge on any atom is 0.318 e. The second kappa shape index (κ2) is 5.06. The van der Waals surface area contributed by atoms with Gasteiger partial charge in [0.25, 0.3) is 0 Å². The number of rotatable bonds is 3. The summed E-state index contributed by atoms with van der Waals surface area (Å²) in [6.07, 6.45) is 0. The van der Waals surface area contributed by atoms with Crippen LogP contribution in [-0.4, -0.2) is 31.1 Å². The molecule has 1 aromatic carbocycles. The topological polar surface area (TPSA) is 41.6 Å². The van der Waals surface area contributed by atoms with Crippen LogP contribution in [0.2, 0.25) is 5.02 Å². The SMILES string of the molecule is CCN1CC(c2cc(Cl)c(C)cc2OC)NC1=O. The van der Waals surface area contributed by atoms with E-state index in [2.05, 4.69) is 5.32 Å². The van der Waals surface area contributed by atoms with Gasteiger partial charge in [-0.2, -0.15) is 0 Å². The molecule has 1 atom stereocenters. The molecule has 0 aromatic heterocycles. The van der Waals surface area contributed by atoms with Crippen molar-refractivity contribution >= 4 is 17.6 Å². The lowest BCUT2D eigenvalue weighted by Crippen LogP contribution is -2.27. The number of nitrogens with zero attached hydrogens (tertiary/aromatic N) is 1. The Bertz CT molecular complexity index is 476. The second-order valence-electron chi connectivity index (χ2n) is 4.38. The summed E-state index contributed by atoms with van der Waals surface area (Å²) in [6, 6.07) is 3.67. The number of amides is 2. The normalized spacial score (nSPS) is 19.0. The Kier molecular flexibility index (Phi) is 3.66. The van der Waals surface area contributed by atoms with Crippen LogP contribution in [0.4, 0.5) is 4.79 Å². The molecule has 0 bridgehead atoms. The van der Waals surface area contributed by atoms with E-state index in [1.54, 1.807) is 12.0 Å². The molecule has 0 aliphatic carbocycles. The Morgan fingerprint density at radius 3 is 2.83 bits per heavy atom. The highest BCUT2D eigenvalue weighted by Gasteiger charge is 2.30. The van der Waals surface area contributed by atoms with Gasteiger partial charge in [0, 0.05) is 23.7 Å². The van der Waals surface area contributed by atoms with E-state index in [4.69, 9.17) is 16.3 Å². The van der Waals surface area contributed by atoms with Gasteiger partial charge in [0.05, 0.1) is 13.2 Å². The second-order valence-corrected chi connectivity index (χ2v) is 4.79. The van der Waals surface area contributed by atoms with Crippen LogP contribution in [0, 0.1) is 6.92 Å². The van der Waals surface area contributed by atoms with Crippen molar-refractivity contribution in [2.24, 2.45) is 0 Å². The lowest BCUT2D eigenvalue weighted by molar-refractivity contribution is 0.219. The molecule has 5 heteroatoms. The highest BCUT2D eigenvalue weighted by Crippen LogP contribution is 2.33. The van der Waals surface area contributed by atoms with Gasteiger partial charge >= 0.3 is 6.03 Å². The zero-order chi connectivity index (χ0) is 13.3. The number of urea groups is 1. The van der Waals surface area contributed by atoms with Gasteiger partial charge in [-0.1, -0.05) is 11.6 Å². The average Bonchev–Trinajstić information content (AvgIpc) is 2.73. The Balaban J connectivity index is 2.34. The predicted molar refractivity (Wildman–Crippen MR) is 71.3 cm³/mol. The fourth-order valence-corrected chi connectivity index (χ4v) is 2.33. The van der Waals surface area contributed by atoms with Gasteiger partial charge in [-0.15, -0.1) is 0 Å². The van der Waals surface area contributed by atoms with Crippen molar-refractivity contribution in [3.8, 4) is 5.75 Å². The maximum absolute atomic E-state index is 11.7. The third-order valence-electron chi connectivity index (χ3n) is 3.26. The molecule has 1 N–H and O–H groups in total. The Morgan fingerprint density at radius 2 is 2.28 bits per heavy atom. The Labute approximate surface area is 112 Å². The zero-order valence-corrected chi connectivity index (χ0v) is 11.5. The van der Waals surface area contributed by atoms with Gasteiger partial charge in [-0.25, -0.2) is 4.79 Å². The summed E-state index contributed by atoms with van der Waals surface area (Å²) >= 11 is 6.15. The van der Waals surface area contributed by atoms with Crippen molar-refractivity contribution < 1.29 is 9.53 Å². The van der Waals surface area contributed by atoms with Gasteiger partial charge in [0.15, 0.2) is 0 Å². The molecular formula is C13H17ClN2O2. The van der Waals surface area contributed by atoms with Gasteiger partial charge in [-0.3, -0.25) is 0 Å².